The van der Waals surface area contributed by atoms with Crippen molar-refractivity contribution in [3.63, 3.8) is 0 Å². The van der Waals surface area contributed by atoms with E-state index >= 15 is 4.39 Å². The molecule has 0 radical (unpaired) electrons. The van der Waals surface area contributed by atoms with Gasteiger partial charge in [0.25, 0.3) is 5.89 Å². The molecule has 3 heterocycles. The average molecular weight is 510 g/mol. The summed E-state index contributed by atoms with van der Waals surface area (Å²) in [5.41, 5.74) is 0.322. The molecule has 1 aromatic carbocycles. The molecule has 0 unspecified atom stereocenters. The monoisotopic (exact) mass is 510 g/mol. The molecule has 0 N–H and O–H groups in total. The fourth-order valence-electron chi connectivity index (χ4n) is 3.58. The lowest BCUT2D eigenvalue weighted by atomic mass is 10.1. The molecular formula is C21H21F3N6O4S. The van der Waals surface area contributed by atoms with E-state index in [1.807, 2.05) is 0 Å². The summed E-state index contributed by atoms with van der Waals surface area (Å²) in [5, 5.41) is 6.71. The van der Waals surface area contributed by atoms with Gasteiger partial charge in [-0.05, 0) is 24.3 Å². The molecule has 186 valence electrons. The number of carbonyl (C=O) groups excluding carboxylic acids is 1. The first-order valence-corrected chi connectivity index (χ1v) is 11.9. The van der Waals surface area contributed by atoms with E-state index in [4.69, 9.17) is 4.42 Å². The van der Waals surface area contributed by atoms with E-state index in [2.05, 4.69) is 15.2 Å². The Balaban J connectivity index is 1.61. The molecule has 0 aliphatic carbocycles. The van der Waals surface area contributed by atoms with E-state index in [0.717, 1.165) is 10.4 Å². The number of alkyl halides is 2. The van der Waals surface area contributed by atoms with Crippen molar-refractivity contribution in [2.24, 2.45) is 0 Å². The third kappa shape index (κ3) is 5.27. The molecule has 1 fully saturated rings. The standard InChI is InChI=1S/C21H21F3N6O4S/c1-14(31)28-7-9-29(10-8-28)35(32,33)30(17-3-2-6-25-12-17)13-16-5-4-15(11-18(16)22)20-26-27-21(34-20)19(23)24/h2-6,11-12,19H,7-10,13H2,1H3. The number of benzene rings is 1. The topological polar surface area (TPSA) is 113 Å². The van der Waals surface area contributed by atoms with E-state index in [0.29, 0.717) is 0 Å². The highest BCUT2D eigenvalue weighted by molar-refractivity contribution is 7.90. The highest BCUT2D eigenvalue weighted by Crippen LogP contribution is 2.28. The lowest BCUT2D eigenvalue weighted by Gasteiger charge is -2.37. The Kier molecular flexibility index (Phi) is 7.03. The van der Waals surface area contributed by atoms with Gasteiger partial charge in [0.1, 0.15) is 5.82 Å². The summed E-state index contributed by atoms with van der Waals surface area (Å²) in [6.07, 6.45) is -0.135. The number of aromatic nitrogens is 3. The number of halogens is 3. The van der Waals surface area contributed by atoms with Gasteiger partial charge in [0.2, 0.25) is 11.8 Å². The van der Waals surface area contributed by atoms with E-state index in [1.165, 1.54) is 41.8 Å². The minimum absolute atomic E-state index is 0.0251. The molecule has 4 rings (SSSR count). The van der Waals surface area contributed by atoms with Crippen LogP contribution in [-0.2, 0) is 21.5 Å². The molecule has 1 amide bonds. The fourth-order valence-corrected chi connectivity index (χ4v) is 5.16. The second kappa shape index (κ2) is 10.00. The van der Waals surface area contributed by atoms with Crippen LogP contribution < -0.4 is 4.31 Å². The normalized spacial score (nSPS) is 14.9. The maximum atomic E-state index is 15.0. The molecule has 10 nitrogen and oxygen atoms in total. The molecule has 14 heteroatoms. The summed E-state index contributed by atoms with van der Waals surface area (Å²) in [6, 6.07) is 6.80. The molecule has 1 aliphatic rings. The molecule has 0 bridgehead atoms. The van der Waals surface area contributed by atoms with Crippen LogP contribution in [0.4, 0.5) is 18.9 Å². The summed E-state index contributed by atoms with van der Waals surface area (Å²) in [7, 11) is -4.11. The fraction of sp³-hybridized carbons (Fsp3) is 0.333. The Morgan fingerprint density at radius 2 is 1.91 bits per heavy atom. The number of hydrogen-bond acceptors (Lipinski definition) is 7. The van der Waals surface area contributed by atoms with Gasteiger partial charge in [-0.3, -0.25) is 14.1 Å². The van der Waals surface area contributed by atoms with Gasteiger partial charge in [0, 0.05) is 50.4 Å². The zero-order valence-corrected chi connectivity index (χ0v) is 19.3. The van der Waals surface area contributed by atoms with Crippen LogP contribution in [0.2, 0.25) is 0 Å². The molecule has 0 atom stereocenters. The highest BCUT2D eigenvalue weighted by atomic mass is 32.2. The number of anilines is 1. The van der Waals surface area contributed by atoms with Crippen molar-refractivity contribution in [2.45, 2.75) is 19.9 Å². The van der Waals surface area contributed by atoms with Gasteiger partial charge >= 0.3 is 16.6 Å². The Morgan fingerprint density at radius 3 is 2.49 bits per heavy atom. The molecule has 1 saturated heterocycles. The van der Waals surface area contributed by atoms with Crippen LogP contribution in [0.5, 0.6) is 0 Å². The van der Waals surface area contributed by atoms with Crippen LogP contribution in [0, 0.1) is 5.82 Å². The number of piperazine rings is 1. The van der Waals surface area contributed by atoms with E-state index < -0.39 is 28.3 Å². The second-order valence-electron chi connectivity index (χ2n) is 7.68. The number of hydrogen-bond donors (Lipinski definition) is 0. The number of carbonyl (C=O) groups is 1. The number of nitrogens with zero attached hydrogens (tertiary/aromatic N) is 6. The Bertz CT molecular complexity index is 1300. The summed E-state index contributed by atoms with van der Waals surface area (Å²) in [4.78, 5) is 17.1. The third-order valence-corrected chi connectivity index (χ3v) is 7.38. The van der Waals surface area contributed by atoms with Gasteiger partial charge in [-0.25, -0.2) is 4.39 Å². The van der Waals surface area contributed by atoms with Gasteiger partial charge in [0.15, 0.2) is 0 Å². The van der Waals surface area contributed by atoms with E-state index in [9.17, 15) is 22.0 Å². The largest absolute Gasteiger partial charge is 0.415 e. The van der Waals surface area contributed by atoms with Crippen molar-refractivity contribution in [3.8, 4) is 11.5 Å². The molecule has 3 aromatic rings. The minimum Gasteiger partial charge on any atom is -0.415 e. The maximum absolute atomic E-state index is 15.0. The Morgan fingerprint density at radius 1 is 1.17 bits per heavy atom. The first kappa shape index (κ1) is 24.6. The summed E-state index contributed by atoms with van der Waals surface area (Å²) >= 11 is 0. The molecule has 0 saturated carbocycles. The van der Waals surface area contributed by atoms with Gasteiger partial charge in [-0.2, -0.15) is 21.5 Å². The maximum Gasteiger partial charge on any atom is 0.314 e. The van der Waals surface area contributed by atoms with Crippen LogP contribution in [0.15, 0.2) is 47.1 Å². The quantitative estimate of drug-likeness (QED) is 0.480. The zero-order valence-electron chi connectivity index (χ0n) is 18.5. The Hall–Kier alpha value is -3.52. The second-order valence-corrected chi connectivity index (χ2v) is 9.54. The van der Waals surface area contributed by atoms with Crippen molar-refractivity contribution < 1.29 is 30.8 Å². The predicted molar refractivity (Wildman–Crippen MR) is 118 cm³/mol. The van der Waals surface area contributed by atoms with Gasteiger partial charge in [0.05, 0.1) is 18.4 Å². The van der Waals surface area contributed by atoms with E-state index in [-0.39, 0.29) is 61.3 Å². The van der Waals surface area contributed by atoms with Crippen LogP contribution >= 0.6 is 0 Å². The van der Waals surface area contributed by atoms with Crippen LogP contribution in [-0.4, -0.2) is 64.9 Å². The van der Waals surface area contributed by atoms with Crippen LogP contribution in [0.3, 0.4) is 0 Å². The molecular weight excluding hydrogens is 489 g/mol. The van der Waals surface area contributed by atoms with Crippen molar-refractivity contribution in [1.82, 2.24) is 24.4 Å². The summed E-state index contributed by atoms with van der Waals surface area (Å²) in [6.45, 7) is 1.71. The third-order valence-electron chi connectivity index (χ3n) is 5.46. The SMILES string of the molecule is CC(=O)N1CCN(S(=O)(=O)N(Cc2ccc(-c3nnc(C(F)F)o3)cc2F)c2cccnc2)CC1. The number of amides is 1. The lowest BCUT2D eigenvalue weighted by molar-refractivity contribution is -0.129. The van der Waals surface area contributed by atoms with Gasteiger partial charge in [-0.15, -0.1) is 10.2 Å². The first-order valence-electron chi connectivity index (χ1n) is 10.5. The summed E-state index contributed by atoms with van der Waals surface area (Å²) < 4.78 is 74.6. The van der Waals surface area contributed by atoms with Gasteiger partial charge < -0.3 is 9.32 Å². The van der Waals surface area contributed by atoms with Crippen LogP contribution in [0.1, 0.15) is 24.8 Å². The van der Waals surface area contributed by atoms with Crippen molar-refractivity contribution in [2.75, 3.05) is 30.5 Å². The Labute approximate surface area is 199 Å². The van der Waals surface area contributed by atoms with E-state index in [1.54, 1.807) is 11.0 Å². The molecule has 35 heavy (non-hydrogen) atoms. The number of rotatable bonds is 7. The van der Waals surface area contributed by atoms with Gasteiger partial charge in [-0.1, -0.05) is 6.07 Å². The minimum atomic E-state index is -4.11. The predicted octanol–water partition coefficient (Wildman–Crippen LogP) is 2.62. The van der Waals surface area contributed by atoms with Crippen molar-refractivity contribution in [1.29, 1.82) is 0 Å². The molecule has 2 aromatic heterocycles. The lowest BCUT2D eigenvalue weighted by Crippen LogP contribution is -2.54. The zero-order chi connectivity index (χ0) is 25.2. The first-order chi connectivity index (χ1) is 16.7. The van der Waals surface area contributed by atoms with Crippen LogP contribution in [0.25, 0.3) is 11.5 Å². The van der Waals surface area contributed by atoms with Crippen molar-refractivity contribution in [3.05, 3.63) is 60.0 Å². The molecule has 1 aliphatic heterocycles. The summed E-state index contributed by atoms with van der Waals surface area (Å²) in [5.74, 6) is -2.10. The highest BCUT2D eigenvalue weighted by Gasteiger charge is 2.34. The number of pyridine rings is 1. The smallest absolute Gasteiger partial charge is 0.314 e. The molecule has 0 spiro atoms. The average Bonchev–Trinajstić information content (AvgIpc) is 3.34. The van der Waals surface area contributed by atoms with Crippen molar-refractivity contribution >= 4 is 21.8 Å².